The van der Waals surface area contributed by atoms with E-state index in [1.807, 2.05) is 48.5 Å². The summed E-state index contributed by atoms with van der Waals surface area (Å²) in [7, 11) is 2.14. The molecule has 0 aliphatic carbocycles. The van der Waals surface area contributed by atoms with E-state index in [0.717, 1.165) is 54.9 Å². The van der Waals surface area contributed by atoms with Crippen LogP contribution in [0.15, 0.2) is 48.5 Å². The number of benzene rings is 2. The summed E-state index contributed by atoms with van der Waals surface area (Å²) in [6, 6.07) is 15.9. The van der Waals surface area contributed by atoms with Crippen LogP contribution in [0.1, 0.15) is 49.3 Å². The minimum atomic E-state index is -0.216. The fourth-order valence-electron chi connectivity index (χ4n) is 5.30. The van der Waals surface area contributed by atoms with Gasteiger partial charge in [0, 0.05) is 43.1 Å². The van der Waals surface area contributed by atoms with Gasteiger partial charge < -0.3 is 20.3 Å². The zero-order valence-electron chi connectivity index (χ0n) is 18.6. The highest BCUT2D eigenvalue weighted by Gasteiger charge is 2.43. The Bertz CT molecular complexity index is 1010. The number of carbonyl (C=O) groups is 2. The van der Waals surface area contributed by atoms with Crippen LogP contribution in [0.3, 0.4) is 0 Å². The van der Waals surface area contributed by atoms with Gasteiger partial charge in [0.2, 0.25) is 11.8 Å². The lowest BCUT2D eigenvalue weighted by atomic mass is 9.80. The molecule has 6 nitrogen and oxygen atoms in total. The molecule has 0 unspecified atom stereocenters. The number of para-hydroxylation sites is 2. The van der Waals surface area contributed by atoms with Crippen molar-refractivity contribution in [3.05, 3.63) is 59.7 Å². The van der Waals surface area contributed by atoms with E-state index in [2.05, 4.69) is 22.6 Å². The Morgan fingerprint density at radius 1 is 1.16 bits per heavy atom. The van der Waals surface area contributed by atoms with Gasteiger partial charge >= 0.3 is 0 Å². The molecule has 3 aliphatic rings. The minimum absolute atomic E-state index is 0.00133. The second-order valence-corrected chi connectivity index (χ2v) is 9.54. The second-order valence-electron chi connectivity index (χ2n) is 9.54. The summed E-state index contributed by atoms with van der Waals surface area (Å²) >= 11 is 0. The number of rotatable bonds is 4. The second kappa shape index (κ2) is 8.58. The molecule has 2 atom stereocenters. The number of ether oxygens (including phenoxy) is 1. The number of piperidine rings is 1. The van der Waals surface area contributed by atoms with E-state index in [4.69, 9.17) is 4.74 Å². The summed E-state index contributed by atoms with van der Waals surface area (Å²) < 4.78 is 6.49. The summed E-state index contributed by atoms with van der Waals surface area (Å²) in [6.07, 6.45) is 4.30. The summed E-state index contributed by atoms with van der Waals surface area (Å²) in [5.41, 5.74) is 2.86. The van der Waals surface area contributed by atoms with E-state index in [9.17, 15) is 9.59 Å². The van der Waals surface area contributed by atoms with Crippen molar-refractivity contribution < 1.29 is 14.3 Å². The van der Waals surface area contributed by atoms with Crippen molar-refractivity contribution in [1.82, 2.24) is 10.2 Å². The van der Waals surface area contributed by atoms with Crippen LogP contribution < -0.4 is 15.4 Å². The molecular weight excluding hydrogens is 402 g/mol. The van der Waals surface area contributed by atoms with Crippen molar-refractivity contribution in [3.63, 3.8) is 0 Å². The number of fused-ring (bicyclic) bond motifs is 2. The van der Waals surface area contributed by atoms with Crippen LogP contribution in [0.25, 0.3) is 0 Å². The standard InChI is InChI=1S/C26H31N3O3/c1-29-14-12-26(13-15-29)17-22(20-7-3-5-9-23(20)32-26)27-24(30)11-10-19-16-18-6-2-4-8-21(18)28-25(19)31/h2-9,19,22H,10-17H2,1H3,(H,27,30)(H,28,31)/t19-,22-/m0/s1. The Morgan fingerprint density at radius 3 is 2.75 bits per heavy atom. The first-order valence-electron chi connectivity index (χ1n) is 11.7. The Kier molecular flexibility index (Phi) is 5.64. The lowest BCUT2D eigenvalue weighted by Crippen LogP contribution is -2.51. The van der Waals surface area contributed by atoms with Gasteiger partial charge in [-0.05, 0) is 50.4 Å². The summed E-state index contributed by atoms with van der Waals surface area (Å²) in [4.78, 5) is 27.8. The van der Waals surface area contributed by atoms with Crippen molar-refractivity contribution in [2.24, 2.45) is 5.92 Å². The van der Waals surface area contributed by atoms with Crippen LogP contribution in [0, 0.1) is 5.92 Å². The lowest BCUT2D eigenvalue weighted by Gasteiger charge is -2.46. The van der Waals surface area contributed by atoms with Crippen molar-refractivity contribution in [1.29, 1.82) is 0 Å². The summed E-state index contributed by atoms with van der Waals surface area (Å²) in [5, 5.41) is 6.25. The topological polar surface area (TPSA) is 70.7 Å². The molecule has 5 rings (SSSR count). The molecule has 6 heteroatoms. The molecule has 3 heterocycles. The Balaban J connectivity index is 1.24. The van der Waals surface area contributed by atoms with Crippen LogP contribution in [0.5, 0.6) is 5.75 Å². The maximum atomic E-state index is 12.9. The van der Waals surface area contributed by atoms with E-state index >= 15 is 0 Å². The molecule has 0 saturated carbocycles. The Labute approximate surface area is 189 Å². The van der Waals surface area contributed by atoms with Gasteiger partial charge in [0.25, 0.3) is 0 Å². The normalized spacial score (nSPS) is 24.1. The lowest BCUT2D eigenvalue weighted by molar-refractivity contribution is -0.124. The predicted molar refractivity (Wildman–Crippen MR) is 124 cm³/mol. The highest BCUT2D eigenvalue weighted by molar-refractivity contribution is 5.96. The molecule has 2 aromatic rings. The SMILES string of the molecule is CN1CCC2(CC1)C[C@H](NC(=O)CC[C@H]1Cc3ccccc3NC1=O)c1ccccc1O2. The number of amides is 2. The van der Waals surface area contributed by atoms with Crippen LogP contribution in [0.2, 0.25) is 0 Å². The zero-order valence-corrected chi connectivity index (χ0v) is 18.6. The molecule has 2 amide bonds. The van der Waals surface area contributed by atoms with Crippen LogP contribution in [-0.2, 0) is 16.0 Å². The number of anilines is 1. The van der Waals surface area contributed by atoms with Gasteiger partial charge in [0.1, 0.15) is 11.4 Å². The predicted octanol–water partition coefficient (Wildman–Crippen LogP) is 3.68. The molecule has 32 heavy (non-hydrogen) atoms. The molecular formula is C26H31N3O3. The zero-order chi connectivity index (χ0) is 22.1. The van der Waals surface area contributed by atoms with Gasteiger partial charge in [-0.2, -0.15) is 0 Å². The number of hydrogen-bond acceptors (Lipinski definition) is 4. The minimum Gasteiger partial charge on any atom is -0.487 e. The maximum absolute atomic E-state index is 12.9. The molecule has 1 saturated heterocycles. The first kappa shape index (κ1) is 21.0. The largest absolute Gasteiger partial charge is 0.487 e. The van der Waals surface area contributed by atoms with Gasteiger partial charge in [-0.25, -0.2) is 0 Å². The van der Waals surface area contributed by atoms with Crippen LogP contribution >= 0.6 is 0 Å². The third kappa shape index (κ3) is 4.24. The van der Waals surface area contributed by atoms with E-state index in [1.54, 1.807) is 0 Å². The summed E-state index contributed by atoms with van der Waals surface area (Å²) in [6.45, 7) is 2.00. The van der Waals surface area contributed by atoms with E-state index in [0.29, 0.717) is 19.3 Å². The van der Waals surface area contributed by atoms with Crippen molar-refractivity contribution in [2.45, 2.75) is 50.2 Å². The van der Waals surface area contributed by atoms with Gasteiger partial charge in [-0.3, -0.25) is 9.59 Å². The molecule has 3 aliphatic heterocycles. The number of hydrogen-bond donors (Lipinski definition) is 2. The van der Waals surface area contributed by atoms with E-state index < -0.39 is 0 Å². The number of nitrogens with zero attached hydrogens (tertiary/aromatic N) is 1. The van der Waals surface area contributed by atoms with Gasteiger partial charge in [0.05, 0.1) is 6.04 Å². The van der Waals surface area contributed by atoms with E-state index in [1.165, 1.54) is 0 Å². The smallest absolute Gasteiger partial charge is 0.227 e. The Hall–Kier alpha value is -2.86. The monoisotopic (exact) mass is 433 g/mol. The molecule has 2 N–H and O–H groups in total. The fraction of sp³-hybridized carbons (Fsp3) is 0.462. The van der Waals surface area contributed by atoms with E-state index in [-0.39, 0.29) is 29.4 Å². The maximum Gasteiger partial charge on any atom is 0.227 e. The van der Waals surface area contributed by atoms with Gasteiger partial charge in [0.15, 0.2) is 0 Å². The number of likely N-dealkylation sites (tertiary alicyclic amines) is 1. The number of nitrogens with one attached hydrogen (secondary N) is 2. The quantitative estimate of drug-likeness (QED) is 0.772. The molecule has 2 aromatic carbocycles. The first-order valence-corrected chi connectivity index (χ1v) is 11.7. The van der Waals surface area contributed by atoms with Crippen molar-refractivity contribution in [3.8, 4) is 5.75 Å². The molecule has 0 aromatic heterocycles. The fourth-order valence-corrected chi connectivity index (χ4v) is 5.30. The highest BCUT2D eigenvalue weighted by Crippen LogP contribution is 2.44. The van der Waals surface area contributed by atoms with Gasteiger partial charge in [-0.1, -0.05) is 36.4 Å². The third-order valence-corrected chi connectivity index (χ3v) is 7.26. The highest BCUT2D eigenvalue weighted by atomic mass is 16.5. The first-order chi connectivity index (χ1) is 15.5. The number of carbonyl (C=O) groups excluding carboxylic acids is 2. The average Bonchev–Trinajstić information content (AvgIpc) is 2.80. The summed E-state index contributed by atoms with van der Waals surface area (Å²) in [5.74, 6) is 0.731. The third-order valence-electron chi connectivity index (χ3n) is 7.26. The van der Waals surface area contributed by atoms with Crippen LogP contribution in [0.4, 0.5) is 5.69 Å². The molecule has 1 fully saturated rings. The van der Waals surface area contributed by atoms with Crippen LogP contribution in [-0.4, -0.2) is 42.5 Å². The Morgan fingerprint density at radius 2 is 1.91 bits per heavy atom. The molecule has 0 radical (unpaired) electrons. The molecule has 0 bridgehead atoms. The average molecular weight is 434 g/mol. The van der Waals surface area contributed by atoms with Crippen molar-refractivity contribution >= 4 is 17.5 Å². The molecule has 168 valence electrons. The molecule has 1 spiro atoms. The van der Waals surface area contributed by atoms with Crippen molar-refractivity contribution in [2.75, 3.05) is 25.5 Å². The van der Waals surface area contributed by atoms with Gasteiger partial charge in [-0.15, -0.1) is 0 Å².